The van der Waals surface area contributed by atoms with Crippen molar-refractivity contribution in [2.24, 2.45) is 0 Å². The van der Waals surface area contributed by atoms with E-state index in [1.54, 1.807) is 36.4 Å². The van der Waals surface area contributed by atoms with Crippen molar-refractivity contribution in [3.63, 3.8) is 0 Å². The predicted molar refractivity (Wildman–Crippen MR) is 83.7 cm³/mol. The van der Waals surface area contributed by atoms with E-state index in [0.29, 0.717) is 41.0 Å². The van der Waals surface area contributed by atoms with Crippen LogP contribution >= 0.6 is 0 Å². The number of halogens is 2. The van der Waals surface area contributed by atoms with Crippen molar-refractivity contribution in [3.8, 4) is 11.8 Å². The fraction of sp³-hybridized carbons (Fsp3) is 0.167. The number of hydrogen-bond acceptors (Lipinski definition) is 3. The molecule has 0 radical (unpaired) electrons. The maximum Gasteiger partial charge on any atom is 0.235 e. The maximum absolute atomic E-state index is 13.9. The lowest BCUT2D eigenvalue weighted by Crippen LogP contribution is -1.99. The molecule has 0 aliphatic rings. The first-order chi connectivity index (χ1) is 11.3. The van der Waals surface area contributed by atoms with Crippen LogP contribution in [0.15, 0.2) is 42.5 Å². The van der Waals surface area contributed by atoms with Gasteiger partial charge in [0.05, 0.1) is 22.4 Å². The quantitative estimate of drug-likeness (QED) is 0.694. The molecule has 0 spiro atoms. The van der Waals surface area contributed by atoms with Crippen LogP contribution in [0.3, 0.4) is 0 Å². The van der Waals surface area contributed by atoms with Crippen molar-refractivity contribution in [2.75, 3.05) is 0 Å². The second kappa shape index (κ2) is 6.93. The number of nitrogens with zero attached hydrogens (tertiary/aromatic N) is 3. The average molecular weight is 309 g/mol. The minimum atomic E-state index is -0.618. The van der Waals surface area contributed by atoms with Gasteiger partial charge in [-0.05, 0) is 30.2 Å². The molecule has 3 aromatic rings. The van der Waals surface area contributed by atoms with Gasteiger partial charge in [0.25, 0.3) is 0 Å². The van der Waals surface area contributed by atoms with Gasteiger partial charge in [0.2, 0.25) is 5.95 Å². The van der Waals surface area contributed by atoms with Gasteiger partial charge >= 0.3 is 0 Å². The first-order valence-electron chi connectivity index (χ1n) is 7.18. The van der Waals surface area contributed by atoms with E-state index < -0.39 is 12.6 Å². The Labute approximate surface area is 132 Å². The van der Waals surface area contributed by atoms with Crippen molar-refractivity contribution in [2.45, 2.75) is 19.5 Å². The third kappa shape index (κ3) is 3.67. The van der Waals surface area contributed by atoms with Gasteiger partial charge in [-0.2, -0.15) is 4.39 Å². The molecule has 0 atom stereocenters. The molecule has 3 nitrogen and oxygen atoms in total. The highest BCUT2D eigenvalue weighted by atomic mass is 19.1. The second-order valence-corrected chi connectivity index (χ2v) is 4.90. The normalized spacial score (nSPS) is 10.3. The zero-order valence-electron chi connectivity index (χ0n) is 12.3. The van der Waals surface area contributed by atoms with Crippen molar-refractivity contribution in [1.82, 2.24) is 15.0 Å². The lowest BCUT2D eigenvalue weighted by molar-refractivity contribution is 0.476. The molecular formula is C18H13F2N3. The van der Waals surface area contributed by atoms with Gasteiger partial charge in [0.15, 0.2) is 0 Å². The third-order valence-electron chi connectivity index (χ3n) is 3.24. The van der Waals surface area contributed by atoms with Crippen LogP contribution in [0.1, 0.15) is 23.5 Å². The van der Waals surface area contributed by atoms with Gasteiger partial charge in [-0.25, -0.2) is 19.3 Å². The third-order valence-corrected chi connectivity index (χ3v) is 3.24. The van der Waals surface area contributed by atoms with E-state index in [0.717, 1.165) is 0 Å². The van der Waals surface area contributed by atoms with Crippen LogP contribution < -0.4 is 0 Å². The molecular weight excluding hydrogens is 296 g/mol. The Morgan fingerprint density at radius 2 is 1.70 bits per heavy atom. The van der Waals surface area contributed by atoms with E-state index in [-0.39, 0.29) is 0 Å². The molecule has 0 N–H and O–H groups in total. The highest BCUT2D eigenvalue weighted by Gasteiger charge is 2.07. The maximum atomic E-state index is 13.9. The summed E-state index contributed by atoms with van der Waals surface area (Å²) in [4.78, 5) is 12.2. The van der Waals surface area contributed by atoms with Gasteiger partial charge in [-0.1, -0.05) is 24.1 Å². The standard InChI is InChI=1S/C18H13F2N3/c19-12-14-8-5-7-13(21-14)6-1-2-11-17-18(20)23-16-10-4-3-9-15(16)22-17/h3-5,7-10H,2,11-12H2. The van der Waals surface area contributed by atoms with E-state index in [1.807, 2.05) is 6.07 Å². The molecule has 5 heteroatoms. The molecule has 114 valence electrons. The van der Waals surface area contributed by atoms with Crippen LogP contribution in [-0.4, -0.2) is 15.0 Å². The second-order valence-electron chi connectivity index (χ2n) is 4.90. The van der Waals surface area contributed by atoms with Crippen molar-refractivity contribution < 1.29 is 8.78 Å². The van der Waals surface area contributed by atoms with Crippen LogP contribution in [0, 0.1) is 17.8 Å². The fourth-order valence-electron chi connectivity index (χ4n) is 2.13. The van der Waals surface area contributed by atoms with Gasteiger partial charge < -0.3 is 0 Å². The van der Waals surface area contributed by atoms with Crippen LogP contribution in [-0.2, 0) is 13.1 Å². The fourth-order valence-corrected chi connectivity index (χ4v) is 2.13. The Kier molecular flexibility index (Phi) is 4.53. The summed E-state index contributed by atoms with van der Waals surface area (Å²) in [6.45, 7) is -0.618. The lowest BCUT2D eigenvalue weighted by Gasteiger charge is -2.01. The number of fused-ring (bicyclic) bond motifs is 1. The van der Waals surface area contributed by atoms with E-state index in [2.05, 4.69) is 26.8 Å². The number of rotatable bonds is 3. The van der Waals surface area contributed by atoms with Crippen LogP contribution in [0.4, 0.5) is 8.78 Å². The van der Waals surface area contributed by atoms with E-state index in [4.69, 9.17) is 0 Å². The average Bonchev–Trinajstić information content (AvgIpc) is 2.59. The molecule has 1 aromatic carbocycles. The Morgan fingerprint density at radius 1 is 0.913 bits per heavy atom. The molecule has 0 amide bonds. The molecule has 0 unspecified atom stereocenters. The first-order valence-corrected chi connectivity index (χ1v) is 7.18. The summed E-state index contributed by atoms with van der Waals surface area (Å²) in [7, 11) is 0. The molecule has 0 aliphatic carbocycles. The molecule has 0 aliphatic heterocycles. The molecule has 2 aromatic heterocycles. The number of aryl methyl sites for hydroxylation is 1. The number of para-hydroxylation sites is 2. The smallest absolute Gasteiger partial charge is 0.235 e. The highest BCUT2D eigenvalue weighted by Crippen LogP contribution is 2.12. The minimum absolute atomic E-state index is 0.295. The summed E-state index contributed by atoms with van der Waals surface area (Å²) in [6, 6.07) is 12.2. The number of aromatic nitrogens is 3. The number of benzene rings is 1. The number of pyridine rings is 1. The number of alkyl halides is 1. The van der Waals surface area contributed by atoms with Gasteiger partial charge in [-0.3, -0.25) is 0 Å². The molecule has 3 rings (SSSR count). The minimum Gasteiger partial charge on any atom is -0.246 e. The molecule has 0 bridgehead atoms. The molecule has 0 saturated heterocycles. The van der Waals surface area contributed by atoms with Gasteiger partial charge in [-0.15, -0.1) is 0 Å². The van der Waals surface area contributed by atoms with Crippen molar-refractivity contribution in [1.29, 1.82) is 0 Å². The predicted octanol–water partition coefficient (Wildman–Crippen LogP) is 3.62. The van der Waals surface area contributed by atoms with Crippen molar-refractivity contribution >= 4 is 11.0 Å². The summed E-state index contributed by atoms with van der Waals surface area (Å²) in [6.07, 6.45) is 0.783. The Balaban J connectivity index is 1.71. The lowest BCUT2D eigenvalue weighted by atomic mass is 10.2. The molecule has 0 saturated carbocycles. The van der Waals surface area contributed by atoms with Crippen LogP contribution in [0.25, 0.3) is 11.0 Å². The SMILES string of the molecule is FCc1cccc(C#CCCc2nc3ccccc3nc2F)n1. The van der Waals surface area contributed by atoms with E-state index in [1.165, 1.54) is 0 Å². The van der Waals surface area contributed by atoms with Gasteiger partial charge in [0.1, 0.15) is 12.4 Å². The Morgan fingerprint density at radius 3 is 2.48 bits per heavy atom. The summed E-state index contributed by atoms with van der Waals surface area (Å²) < 4.78 is 26.4. The zero-order valence-corrected chi connectivity index (χ0v) is 12.3. The molecule has 2 heterocycles. The monoisotopic (exact) mass is 309 g/mol. The van der Waals surface area contributed by atoms with Gasteiger partial charge in [0, 0.05) is 12.8 Å². The summed E-state index contributed by atoms with van der Waals surface area (Å²) in [5.41, 5.74) is 2.35. The van der Waals surface area contributed by atoms with E-state index >= 15 is 0 Å². The summed E-state index contributed by atoms with van der Waals surface area (Å²) >= 11 is 0. The topological polar surface area (TPSA) is 38.7 Å². The van der Waals surface area contributed by atoms with Crippen molar-refractivity contribution in [3.05, 3.63) is 65.5 Å². The number of hydrogen-bond donors (Lipinski definition) is 0. The zero-order chi connectivity index (χ0) is 16.1. The summed E-state index contributed by atoms with van der Waals surface area (Å²) in [5.74, 6) is 5.19. The Hall–Kier alpha value is -2.87. The Bertz CT molecular complexity index is 897. The van der Waals surface area contributed by atoms with Crippen LogP contribution in [0.5, 0.6) is 0 Å². The van der Waals surface area contributed by atoms with Crippen LogP contribution in [0.2, 0.25) is 0 Å². The molecule has 0 fully saturated rings. The molecule has 23 heavy (non-hydrogen) atoms. The largest absolute Gasteiger partial charge is 0.246 e. The highest BCUT2D eigenvalue weighted by molar-refractivity contribution is 5.73. The van der Waals surface area contributed by atoms with E-state index in [9.17, 15) is 8.78 Å². The first kappa shape index (κ1) is 15.0. The summed E-state index contributed by atoms with van der Waals surface area (Å²) in [5, 5.41) is 0.